The highest BCUT2D eigenvalue weighted by molar-refractivity contribution is 6.31. The summed E-state index contributed by atoms with van der Waals surface area (Å²) in [5, 5.41) is 10.4. The average molecular weight is 376 g/mol. The minimum absolute atomic E-state index is 0.0553. The van der Waals surface area contributed by atoms with Crippen molar-refractivity contribution in [1.29, 1.82) is 0 Å². The summed E-state index contributed by atoms with van der Waals surface area (Å²) in [6.45, 7) is 12.3. The number of rotatable bonds is 4. The van der Waals surface area contributed by atoms with Crippen molar-refractivity contribution in [3.63, 3.8) is 0 Å². The minimum atomic E-state index is -0.870. The van der Waals surface area contributed by atoms with E-state index in [0.717, 1.165) is 19.3 Å². The molecule has 0 heterocycles. The molecule has 0 aromatic heterocycles. The first kappa shape index (κ1) is 19.7. The highest BCUT2D eigenvalue weighted by Gasteiger charge is 2.41. The molecule has 4 rings (SSSR count). The smallest absolute Gasteiger partial charge is 0.283 e. The molecule has 0 saturated carbocycles. The molecule has 1 aromatic carbocycles. The van der Waals surface area contributed by atoms with Gasteiger partial charge in [-0.2, -0.15) is 0 Å². The number of allylic oxidation sites excluding steroid dienone is 5. The predicted octanol–water partition coefficient (Wildman–Crippen LogP) is 5.36. The fourth-order valence-electron chi connectivity index (χ4n) is 4.61. The van der Waals surface area contributed by atoms with E-state index in [0.29, 0.717) is 13.3 Å². The second-order valence-electron chi connectivity index (χ2n) is 10.3. The molecule has 1 aromatic rings. The molecule has 1 atom stereocenters. The Morgan fingerprint density at radius 2 is 1.89 bits per heavy atom. The lowest BCUT2D eigenvalue weighted by Crippen LogP contribution is -2.48. The van der Waals surface area contributed by atoms with Crippen LogP contribution in [-0.2, 0) is 16.5 Å². The van der Waals surface area contributed by atoms with E-state index in [1.807, 2.05) is 27.7 Å². The minimum Gasteiger partial charge on any atom is -0.431 e. The van der Waals surface area contributed by atoms with Crippen molar-refractivity contribution in [3.05, 3.63) is 58.2 Å². The number of hydrogen-bond donors (Lipinski definition) is 1. The summed E-state index contributed by atoms with van der Waals surface area (Å²) in [6.07, 6.45) is 12.5. The third kappa shape index (κ3) is 3.13. The number of aryl methyl sites for hydroxylation is 1. The van der Waals surface area contributed by atoms with Crippen molar-refractivity contribution < 1.29 is 9.76 Å². The molecule has 3 aliphatic rings. The van der Waals surface area contributed by atoms with Gasteiger partial charge in [-0.3, -0.25) is 0 Å². The van der Waals surface area contributed by atoms with Gasteiger partial charge in [0.05, 0.1) is 11.2 Å². The molecule has 3 heteroatoms. The Morgan fingerprint density at radius 1 is 1.14 bits per heavy atom. The van der Waals surface area contributed by atoms with Crippen LogP contribution in [0.1, 0.15) is 76.6 Å². The quantitative estimate of drug-likeness (QED) is 0.717. The summed E-state index contributed by atoms with van der Waals surface area (Å²) in [5.74, 6) is 0.350. The van der Waals surface area contributed by atoms with Gasteiger partial charge in [0.2, 0.25) is 0 Å². The number of aliphatic hydroxyl groups is 1. The van der Waals surface area contributed by atoms with Crippen LogP contribution in [0.3, 0.4) is 0 Å². The van der Waals surface area contributed by atoms with Gasteiger partial charge in [0.15, 0.2) is 0 Å². The Kier molecular flexibility index (Phi) is 4.56. The molecule has 3 aliphatic carbocycles. The fraction of sp³-hybridized carbons (Fsp3) is 0.520. The molecule has 0 fully saturated rings. The van der Waals surface area contributed by atoms with Crippen LogP contribution in [0.4, 0.5) is 0 Å². The maximum Gasteiger partial charge on any atom is 0.283 e. The normalized spacial score (nSPS) is 22.8. The molecule has 0 spiro atoms. The molecule has 1 N–H and O–H groups in total. The average Bonchev–Trinajstić information content (AvgIpc) is 2.84. The molecule has 0 bridgehead atoms. The van der Waals surface area contributed by atoms with Gasteiger partial charge in [0.25, 0.3) is 7.48 Å². The summed E-state index contributed by atoms with van der Waals surface area (Å²) < 4.78 is 6.18. The van der Waals surface area contributed by atoms with Crippen molar-refractivity contribution in [3.8, 4) is 0 Å². The summed E-state index contributed by atoms with van der Waals surface area (Å²) in [5.41, 5.74) is 7.35. The standard InChI is InChI=1S/C25H33BO2/c1-23(2)21-14-17-10-8-7-9-16(17)13-20(21)19-12-11-18(15-22(19)23)26-28-25(5,6)24(3,4)27/h8,10-14,18,26-27H,7,9,15H2,1-6H3. The summed E-state index contributed by atoms with van der Waals surface area (Å²) in [4.78, 5) is 0. The maximum absolute atomic E-state index is 10.4. The van der Waals surface area contributed by atoms with Crippen LogP contribution >= 0.6 is 0 Å². The lowest BCUT2D eigenvalue weighted by atomic mass is 9.67. The Labute approximate surface area is 170 Å². The van der Waals surface area contributed by atoms with Crippen LogP contribution in [0.25, 0.3) is 11.6 Å². The van der Waals surface area contributed by atoms with Gasteiger partial charge in [-0.1, -0.05) is 55.9 Å². The van der Waals surface area contributed by atoms with Crippen molar-refractivity contribution >= 4 is 19.1 Å². The van der Waals surface area contributed by atoms with Gasteiger partial charge in [0, 0.05) is 5.41 Å². The Balaban J connectivity index is 1.58. The van der Waals surface area contributed by atoms with E-state index in [2.05, 4.69) is 50.3 Å². The van der Waals surface area contributed by atoms with Gasteiger partial charge < -0.3 is 9.76 Å². The molecule has 1 unspecified atom stereocenters. The first-order chi connectivity index (χ1) is 13.0. The van der Waals surface area contributed by atoms with Crippen LogP contribution in [0.5, 0.6) is 0 Å². The van der Waals surface area contributed by atoms with E-state index >= 15 is 0 Å². The number of fused-ring (bicyclic) bond motifs is 3. The van der Waals surface area contributed by atoms with Crippen LogP contribution in [0.15, 0.2) is 35.9 Å². The van der Waals surface area contributed by atoms with Crippen LogP contribution in [0, 0.1) is 0 Å². The Bertz CT molecular complexity index is 894. The molecule has 0 radical (unpaired) electrons. The second-order valence-corrected chi connectivity index (χ2v) is 10.3. The molecular formula is C25H33BO2. The zero-order valence-corrected chi connectivity index (χ0v) is 18.2. The predicted molar refractivity (Wildman–Crippen MR) is 120 cm³/mol. The van der Waals surface area contributed by atoms with E-state index in [4.69, 9.17) is 4.65 Å². The van der Waals surface area contributed by atoms with E-state index in [-0.39, 0.29) is 5.41 Å². The van der Waals surface area contributed by atoms with Crippen molar-refractivity contribution in [2.24, 2.45) is 0 Å². The molecule has 148 valence electrons. The summed E-state index contributed by atoms with van der Waals surface area (Å²) in [6, 6.07) is 4.87. The summed E-state index contributed by atoms with van der Waals surface area (Å²) in [7, 11) is 0.635. The molecule has 28 heavy (non-hydrogen) atoms. The Hall–Kier alpha value is -1.58. The lowest BCUT2D eigenvalue weighted by molar-refractivity contribution is -0.0907. The lowest BCUT2D eigenvalue weighted by Gasteiger charge is -2.39. The third-order valence-electron chi connectivity index (χ3n) is 7.33. The van der Waals surface area contributed by atoms with E-state index in [9.17, 15) is 5.11 Å². The van der Waals surface area contributed by atoms with Crippen LogP contribution in [-0.4, -0.2) is 23.8 Å². The van der Waals surface area contributed by atoms with E-state index in [1.54, 1.807) is 0 Å². The van der Waals surface area contributed by atoms with Gasteiger partial charge in [-0.15, -0.1) is 0 Å². The highest BCUT2D eigenvalue weighted by Crippen LogP contribution is 2.52. The number of benzene rings is 1. The van der Waals surface area contributed by atoms with E-state index < -0.39 is 11.2 Å². The fourth-order valence-corrected chi connectivity index (χ4v) is 4.61. The molecule has 0 aliphatic heterocycles. The van der Waals surface area contributed by atoms with Crippen molar-refractivity contribution in [1.82, 2.24) is 0 Å². The van der Waals surface area contributed by atoms with Gasteiger partial charge in [0.1, 0.15) is 0 Å². The molecule has 0 amide bonds. The topological polar surface area (TPSA) is 29.5 Å². The van der Waals surface area contributed by atoms with Crippen LogP contribution < -0.4 is 0 Å². The SMILES string of the molecule is CC1(C)C2=C(C=CC(BOC(C)(C)C(C)(C)O)C2)c2cc3c(cc21)C=CCC3. The van der Waals surface area contributed by atoms with Crippen molar-refractivity contribution in [2.45, 2.75) is 83.2 Å². The van der Waals surface area contributed by atoms with Gasteiger partial charge >= 0.3 is 0 Å². The zero-order valence-electron chi connectivity index (χ0n) is 18.2. The monoisotopic (exact) mass is 376 g/mol. The number of hydrogen-bond acceptors (Lipinski definition) is 2. The summed E-state index contributed by atoms with van der Waals surface area (Å²) >= 11 is 0. The third-order valence-corrected chi connectivity index (χ3v) is 7.33. The van der Waals surface area contributed by atoms with Gasteiger partial charge in [-0.25, -0.2) is 0 Å². The highest BCUT2D eigenvalue weighted by atomic mass is 16.5. The maximum atomic E-state index is 10.4. The Morgan fingerprint density at radius 3 is 2.61 bits per heavy atom. The van der Waals surface area contributed by atoms with E-state index in [1.165, 1.54) is 33.4 Å². The molecule has 0 saturated heterocycles. The van der Waals surface area contributed by atoms with Gasteiger partial charge in [-0.05, 0) is 80.6 Å². The van der Waals surface area contributed by atoms with Crippen molar-refractivity contribution in [2.75, 3.05) is 0 Å². The molecular weight excluding hydrogens is 343 g/mol. The largest absolute Gasteiger partial charge is 0.431 e. The second kappa shape index (κ2) is 6.47. The zero-order chi connectivity index (χ0) is 20.3. The van der Waals surface area contributed by atoms with Crippen LogP contribution in [0.2, 0.25) is 5.82 Å². The first-order valence-corrected chi connectivity index (χ1v) is 10.6. The first-order valence-electron chi connectivity index (χ1n) is 10.6. The molecule has 2 nitrogen and oxygen atoms in total.